The molecule has 3 nitrogen and oxygen atoms in total. The summed E-state index contributed by atoms with van der Waals surface area (Å²) < 4.78 is 2.76. The molecule has 0 aromatic carbocycles. The molecule has 0 saturated carbocycles. The highest BCUT2D eigenvalue weighted by Gasteiger charge is 2.14. The molecule has 0 radical (unpaired) electrons. The van der Waals surface area contributed by atoms with E-state index in [2.05, 4.69) is 11.9 Å². The number of nitrogens with zero attached hydrogens (tertiary/aromatic N) is 2. The number of thiophene rings is 1. The van der Waals surface area contributed by atoms with Crippen LogP contribution in [-0.2, 0) is 13.0 Å². The third kappa shape index (κ3) is 3.09. The van der Waals surface area contributed by atoms with Crippen molar-refractivity contribution in [2.45, 2.75) is 32.4 Å². The highest BCUT2D eigenvalue weighted by Crippen LogP contribution is 2.26. The highest BCUT2D eigenvalue weighted by atomic mass is 35.5. The Morgan fingerprint density at radius 3 is 3.00 bits per heavy atom. The zero-order chi connectivity index (χ0) is 12.3. The first-order chi connectivity index (χ1) is 8.20. The summed E-state index contributed by atoms with van der Waals surface area (Å²) >= 11 is 7.38. The van der Waals surface area contributed by atoms with Crippen LogP contribution in [0.5, 0.6) is 0 Å². The predicted molar refractivity (Wildman–Crippen MR) is 70.5 cm³/mol. The summed E-state index contributed by atoms with van der Waals surface area (Å²) in [5.74, 6) is 0. The molecule has 2 aromatic rings. The van der Waals surface area contributed by atoms with Crippen LogP contribution >= 0.6 is 22.9 Å². The Hall–Kier alpha value is -0.840. The van der Waals surface area contributed by atoms with Crippen LogP contribution < -0.4 is 0 Å². The fourth-order valence-electron chi connectivity index (χ4n) is 1.79. The average Bonchev–Trinajstić information content (AvgIpc) is 2.88. The van der Waals surface area contributed by atoms with Gasteiger partial charge >= 0.3 is 0 Å². The van der Waals surface area contributed by atoms with Crippen molar-refractivity contribution in [1.29, 1.82) is 0 Å². The van der Waals surface area contributed by atoms with Gasteiger partial charge < -0.3 is 9.67 Å². The van der Waals surface area contributed by atoms with Gasteiger partial charge in [0.15, 0.2) is 0 Å². The van der Waals surface area contributed by atoms with Crippen LogP contribution in [0.15, 0.2) is 24.7 Å². The molecule has 2 heterocycles. The van der Waals surface area contributed by atoms with Crippen molar-refractivity contribution < 1.29 is 5.11 Å². The Labute approximate surface area is 110 Å². The van der Waals surface area contributed by atoms with Gasteiger partial charge in [-0.1, -0.05) is 18.5 Å². The third-order valence-corrected chi connectivity index (χ3v) is 3.83. The minimum absolute atomic E-state index is 0.515. The summed E-state index contributed by atoms with van der Waals surface area (Å²) in [5, 5.41) is 10.2. The van der Waals surface area contributed by atoms with E-state index >= 15 is 0 Å². The first kappa shape index (κ1) is 12.6. The molecule has 5 heteroatoms. The van der Waals surface area contributed by atoms with Crippen molar-refractivity contribution in [3.05, 3.63) is 39.6 Å². The van der Waals surface area contributed by atoms with E-state index in [1.54, 1.807) is 12.5 Å². The molecule has 0 bridgehead atoms. The first-order valence-corrected chi connectivity index (χ1v) is 6.82. The maximum Gasteiger partial charge on any atom is 0.100 e. The van der Waals surface area contributed by atoms with Gasteiger partial charge in [-0.15, -0.1) is 11.3 Å². The second-order valence-corrected chi connectivity index (χ2v) is 5.74. The van der Waals surface area contributed by atoms with Crippen molar-refractivity contribution >= 4 is 22.9 Å². The molecule has 92 valence electrons. The van der Waals surface area contributed by atoms with E-state index < -0.39 is 6.10 Å². The average molecular weight is 271 g/mol. The monoisotopic (exact) mass is 270 g/mol. The number of hydrogen-bond donors (Lipinski definition) is 1. The topological polar surface area (TPSA) is 38.0 Å². The summed E-state index contributed by atoms with van der Waals surface area (Å²) in [7, 11) is 0. The van der Waals surface area contributed by atoms with Crippen molar-refractivity contribution in [1.82, 2.24) is 9.55 Å². The minimum atomic E-state index is -0.515. The molecule has 0 amide bonds. The van der Waals surface area contributed by atoms with Crippen LogP contribution in [0.3, 0.4) is 0 Å². The van der Waals surface area contributed by atoms with E-state index in [0.29, 0.717) is 6.42 Å². The fourth-order valence-corrected chi connectivity index (χ4v) is 2.92. The summed E-state index contributed by atoms with van der Waals surface area (Å²) in [6.45, 7) is 2.99. The number of rotatable bonds is 5. The second-order valence-electron chi connectivity index (χ2n) is 3.94. The van der Waals surface area contributed by atoms with Crippen molar-refractivity contribution in [3.63, 3.8) is 0 Å². The summed E-state index contributed by atoms with van der Waals surface area (Å²) in [4.78, 5) is 5.18. The lowest BCUT2D eigenvalue weighted by Crippen LogP contribution is -2.08. The molecule has 0 saturated heterocycles. The van der Waals surface area contributed by atoms with Gasteiger partial charge in [-0.3, -0.25) is 0 Å². The summed E-state index contributed by atoms with van der Waals surface area (Å²) in [6.07, 6.45) is 4.60. The normalized spacial score (nSPS) is 12.9. The fraction of sp³-hybridized carbons (Fsp3) is 0.417. The van der Waals surface area contributed by atoms with E-state index in [9.17, 15) is 5.11 Å². The molecular weight excluding hydrogens is 256 g/mol. The maximum absolute atomic E-state index is 10.2. The number of aromatic nitrogens is 2. The van der Waals surface area contributed by atoms with Gasteiger partial charge in [0, 0.05) is 17.8 Å². The minimum Gasteiger partial charge on any atom is -0.386 e. The molecule has 17 heavy (non-hydrogen) atoms. The predicted octanol–water partition coefficient (Wildman–Crippen LogP) is 3.28. The van der Waals surface area contributed by atoms with E-state index in [4.69, 9.17) is 11.6 Å². The van der Waals surface area contributed by atoms with Gasteiger partial charge in [-0.05, 0) is 18.6 Å². The Morgan fingerprint density at radius 1 is 1.53 bits per heavy atom. The van der Waals surface area contributed by atoms with Crippen LogP contribution in [0.2, 0.25) is 4.34 Å². The number of imidazole rings is 1. The van der Waals surface area contributed by atoms with E-state index in [1.165, 1.54) is 11.3 Å². The quantitative estimate of drug-likeness (QED) is 0.905. The Morgan fingerprint density at radius 2 is 2.35 bits per heavy atom. The van der Waals surface area contributed by atoms with Crippen LogP contribution in [0.4, 0.5) is 0 Å². The van der Waals surface area contributed by atoms with Gasteiger partial charge in [0.2, 0.25) is 0 Å². The SMILES string of the molecule is CCCn1cncc1C(O)Cc1ccc(Cl)s1. The molecule has 0 fully saturated rings. The maximum atomic E-state index is 10.2. The molecule has 1 N–H and O–H groups in total. The van der Waals surface area contributed by atoms with Crippen LogP contribution in [0.25, 0.3) is 0 Å². The van der Waals surface area contributed by atoms with Gasteiger partial charge in [-0.2, -0.15) is 0 Å². The zero-order valence-corrected chi connectivity index (χ0v) is 11.2. The molecule has 1 unspecified atom stereocenters. The Bertz CT molecular complexity index is 480. The zero-order valence-electron chi connectivity index (χ0n) is 9.64. The second kappa shape index (κ2) is 5.67. The van der Waals surface area contributed by atoms with E-state index in [1.807, 2.05) is 16.7 Å². The lowest BCUT2D eigenvalue weighted by molar-refractivity contribution is 0.169. The van der Waals surface area contributed by atoms with Crippen molar-refractivity contribution in [2.24, 2.45) is 0 Å². The van der Waals surface area contributed by atoms with Gasteiger partial charge in [0.1, 0.15) is 6.10 Å². The molecule has 0 aliphatic carbocycles. The smallest absolute Gasteiger partial charge is 0.100 e. The summed E-state index contributed by atoms with van der Waals surface area (Å²) in [5.41, 5.74) is 0.872. The van der Waals surface area contributed by atoms with Crippen molar-refractivity contribution in [2.75, 3.05) is 0 Å². The molecular formula is C12H15ClN2OS. The number of aryl methyl sites for hydroxylation is 1. The van der Waals surface area contributed by atoms with Gasteiger partial charge in [0.25, 0.3) is 0 Å². The number of halogens is 1. The standard InChI is InChI=1S/C12H15ClN2OS/c1-2-5-15-8-14-7-10(15)11(16)6-9-3-4-12(13)17-9/h3-4,7-8,11,16H,2,5-6H2,1H3. The molecule has 0 aliphatic heterocycles. The lowest BCUT2D eigenvalue weighted by Gasteiger charge is -2.12. The molecule has 2 aromatic heterocycles. The number of hydrogen-bond acceptors (Lipinski definition) is 3. The molecule has 1 atom stereocenters. The molecule has 2 rings (SSSR count). The van der Waals surface area contributed by atoms with Gasteiger partial charge in [-0.25, -0.2) is 4.98 Å². The lowest BCUT2D eigenvalue weighted by atomic mass is 10.1. The van der Waals surface area contributed by atoms with Gasteiger partial charge in [0.05, 0.1) is 22.6 Å². The van der Waals surface area contributed by atoms with Crippen molar-refractivity contribution in [3.8, 4) is 0 Å². The Kier molecular flexibility index (Phi) is 4.20. The molecule has 0 spiro atoms. The molecule has 0 aliphatic rings. The van der Waals surface area contributed by atoms with Crippen LogP contribution in [-0.4, -0.2) is 14.7 Å². The summed E-state index contributed by atoms with van der Waals surface area (Å²) in [6, 6.07) is 3.81. The first-order valence-electron chi connectivity index (χ1n) is 5.63. The van der Waals surface area contributed by atoms with Crippen LogP contribution in [0.1, 0.15) is 30.0 Å². The van der Waals surface area contributed by atoms with E-state index in [0.717, 1.165) is 27.9 Å². The Balaban J connectivity index is 2.08. The van der Waals surface area contributed by atoms with Crippen LogP contribution in [0, 0.1) is 0 Å². The van der Waals surface area contributed by atoms with E-state index in [-0.39, 0.29) is 0 Å². The third-order valence-electron chi connectivity index (χ3n) is 2.57. The number of aliphatic hydroxyl groups is 1. The largest absolute Gasteiger partial charge is 0.386 e. The number of aliphatic hydroxyl groups excluding tert-OH is 1. The highest BCUT2D eigenvalue weighted by molar-refractivity contribution is 7.16.